The van der Waals surface area contributed by atoms with Crippen molar-refractivity contribution in [2.75, 3.05) is 19.8 Å². The molecule has 9 rings (SSSR count). The van der Waals surface area contributed by atoms with Gasteiger partial charge in [0.05, 0.1) is 19.5 Å². The molecule has 9 nitrogen and oxygen atoms in total. The van der Waals surface area contributed by atoms with Gasteiger partial charge in [-0.05, 0) is 128 Å². The van der Waals surface area contributed by atoms with Crippen LogP contribution in [0, 0.1) is 0 Å². The summed E-state index contributed by atoms with van der Waals surface area (Å²) in [6.45, 7) is 5.29. The van der Waals surface area contributed by atoms with Crippen molar-refractivity contribution in [1.29, 1.82) is 0 Å². The van der Waals surface area contributed by atoms with Crippen molar-refractivity contribution in [3.63, 3.8) is 0 Å². The fourth-order valence-corrected chi connectivity index (χ4v) is 9.82. The molecule has 0 unspecified atom stereocenters. The van der Waals surface area contributed by atoms with E-state index in [1.165, 1.54) is 92.0 Å². The van der Waals surface area contributed by atoms with Crippen LogP contribution >= 0.6 is 0 Å². The van der Waals surface area contributed by atoms with Crippen LogP contribution in [0.4, 0.5) is 0 Å². The molecule has 2 saturated carbocycles. The maximum atomic E-state index is 10.7. The Morgan fingerprint density at radius 1 is 0.471 bits per heavy atom. The lowest BCUT2D eigenvalue weighted by Gasteiger charge is -2.37. The minimum absolute atomic E-state index is 0.159. The lowest BCUT2D eigenvalue weighted by molar-refractivity contribution is -0.892. The zero-order chi connectivity index (χ0) is 48.6. The summed E-state index contributed by atoms with van der Waals surface area (Å²) >= 11 is 0. The van der Waals surface area contributed by atoms with Crippen molar-refractivity contribution in [3.8, 4) is 23.3 Å². The van der Waals surface area contributed by atoms with Gasteiger partial charge in [0.15, 0.2) is 13.2 Å². The molecule has 0 spiro atoms. The van der Waals surface area contributed by atoms with Crippen LogP contribution in [0.3, 0.4) is 0 Å². The molecule has 2 aliphatic rings. The van der Waals surface area contributed by atoms with Gasteiger partial charge >= 0.3 is 11.8 Å². The minimum Gasteiger partial charge on any atom is -0.871 e. The lowest BCUT2D eigenvalue weighted by atomic mass is 9.67. The predicted molar refractivity (Wildman–Crippen MR) is 272 cm³/mol. The highest BCUT2D eigenvalue weighted by atomic mass is 16.7. The van der Waals surface area contributed by atoms with E-state index in [4.69, 9.17) is 23.8 Å². The van der Waals surface area contributed by atoms with Crippen LogP contribution in [-0.2, 0) is 10.1 Å². The van der Waals surface area contributed by atoms with E-state index < -0.39 is 7.32 Å². The molecule has 0 bridgehead atoms. The summed E-state index contributed by atoms with van der Waals surface area (Å²) in [5.74, 6) is 4.53. The number of aromatic nitrogens is 2. The van der Waals surface area contributed by atoms with Crippen molar-refractivity contribution in [3.05, 3.63) is 216 Å². The molecule has 7 aromatic rings. The van der Waals surface area contributed by atoms with Crippen LogP contribution in [0.25, 0.3) is 0 Å². The largest absolute Gasteiger partial charge is 0.871 e. The molecule has 364 valence electrons. The third-order valence-corrected chi connectivity index (χ3v) is 13.2. The van der Waals surface area contributed by atoms with Crippen molar-refractivity contribution < 1.29 is 43.3 Å². The van der Waals surface area contributed by atoms with Gasteiger partial charge < -0.3 is 24.2 Å². The highest BCUT2D eigenvalue weighted by Crippen LogP contribution is 2.43. The number of benzene rings is 5. The first-order chi connectivity index (χ1) is 34.5. The zero-order valence-corrected chi connectivity index (χ0v) is 41.0. The normalized spacial score (nSPS) is 13.9. The molecule has 0 amide bonds. The Balaban J connectivity index is 0.000000155. The number of nitrogens with zero attached hydrogens (tertiary/aromatic N) is 2. The van der Waals surface area contributed by atoms with E-state index in [9.17, 15) is 10.0 Å². The number of hydrogen-bond donors (Lipinski definition) is 0. The molecule has 70 heavy (non-hydrogen) atoms. The summed E-state index contributed by atoms with van der Waals surface area (Å²) in [7, 11) is -2.23. The topological polar surface area (TPSA) is 100 Å². The molecule has 2 fully saturated rings. The van der Waals surface area contributed by atoms with Gasteiger partial charge in [-0.15, -0.1) is 0 Å². The molecule has 0 atom stereocenters. The van der Waals surface area contributed by atoms with Gasteiger partial charge in [-0.1, -0.05) is 154 Å². The Kier molecular flexibility index (Phi) is 20.3. The monoisotopic (exact) mass is 941 g/mol. The molecule has 2 aromatic heterocycles. The summed E-state index contributed by atoms with van der Waals surface area (Å²) in [4.78, 5) is 11.0. The van der Waals surface area contributed by atoms with Gasteiger partial charge in [-0.25, -0.2) is 0 Å². The minimum atomic E-state index is -2.23. The van der Waals surface area contributed by atoms with Gasteiger partial charge in [0, 0.05) is 33.6 Å². The molecule has 2 heterocycles. The van der Waals surface area contributed by atoms with E-state index in [0.29, 0.717) is 31.4 Å². The van der Waals surface area contributed by atoms with Crippen LogP contribution in [-0.4, -0.2) is 27.1 Å². The Labute approximate surface area is 416 Å². The fraction of sp³-hybridized carbons (Fsp3) is 0.333. The second-order valence-corrected chi connectivity index (χ2v) is 17.8. The highest BCUT2D eigenvalue weighted by molar-refractivity contribution is 6.28. The zero-order valence-electron chi connectivity index (χ0n) is 41.0. The van der Waals surface area contributed by atoms with Gasteiger partial charge in [0.2, 0.25) is 12.4 Å². The Bertz CT molecular complexity index is 2310. The van der Waals surface area contributed by atoms with Gasteiger partial charge in [-0.2, -0.15) is 0 Å². The van der Waals surface area contributed by atoms with E-state index in [1.807, 2.05) is 117 Å². The van der Waals surface area contributed by atoms with Crippen LogP contribution < -0.4 is 38.7 Å². The Morgan fingerprint density at radius 2 is 0.843 bits per heavy atom. The predicted octanol–water partition coefficient (Wildman–Crippen LogP) is 11.0. The summed E-state index contributed by atoms with van der Waals surface area (Å²) in [5, 5.41) is 21.4. The molecule has 0 aliphatic heterocycles. The summed E-state index contributed by atoms with van der Waals surface area (Å²) < 4.78 is 19.9. The first-order valence-electron chi connectivity index (χ1n) is 25.4. The molecule has 0 N–H and O–H groups in total. The lowest BCUT2D eigenvalue weighted by Crippen LogP contribution is -2.48. The molecule has 10 heteroatoms. The average molecular weight is 941 g/mol. The number of hydrogen-bond acceptors (Lipinski definition) is 7. The summed E-state index contributed by atoms with van der Waals surface area (Å²) in [6, 6.07) is 59.7. The summed E-state index contributed by atoms with van der Waals surface area (Å²) in [5.41, 5.74) is 6.05. The first-order valence-corrected chi connectivity index (χ1v) is 25.4. The Hall–Kier alpha value is -6.46. The maximum absolute atomic E-state index is 10.7. The van der Waals surface area contributed by atoms with Gasteiger partial charge in [0.25, 0.3) is 0 Å². The molecular weight excluding hydrogens is 871 g/mol. The fourth-order valence-electron chi connectivity index (χ4n) is 9.82. The van der Waals surface area contributed by atoms with E-state index in [0.717, 1.165) is 29.8 Å². The quantitative estimate of drug-likeness (QED) is 0.0366. The van der Waals surface area contributed by atoms with E-state index in [2.05, 4.69) is 84.9 Å². The summed E-state index contributed by atoms with van der Waals surface area (Å²) in [6.07, 6.45) is 18.6. The van der Waals surface area contributed by atoms with Crippen LogP contribution in [0.15, 0.2) is 188 Å². The molecule has 2 aliphatic carbocycles. The van der Waals surface area contributed by atoms with Crippen LogP contribution in [0.1, 0.15) is 131 Å². The number of pyridine rings is 2. The molecule has 5 aromatic carbocycles. The van der Waals surface area contributed by atoms with Crippen LogP contribution in [0.2, 0.25) is 0 Å². The standard InChI is InChI=1S/C22H21BO3.2C19H24NO2/c24-23(25)26-18-10-17-22(19-11-4-1-5-12-19,20-13-6-2-7-14-20)21-15-8-3-9-16-21;2*1-2-21-20-15-7-6-10-19(20)22-18-13-11-17(12-14-18)16-8-4-3-5-9-16/h1-9,11-16H,10,17-18H2;2*6-7,10-16H,2-5,8-9H2,1H3/q-2;2*+1. The van der Waals surface area contributed by atoms with Crippen LogP contribution in [0.5, 0.6) is 23.3 Å². The number of rotatable bonds is 18. The second kappa shape index (κ2) is 27.7. The van der Waals surface area contributed by atoms with Crippen molar-refractivity contribution in [1.82, 2.24) is 0 Å². The van der Waals surface area contributed by atoms with Gasteiger partial charge in [-0.3, -0.25) is 9.68 Å². The third kappa shape index (κ3) is 14.8. The third-order valence-electron chi connectivity index (χ3n) is 13.2. The van der Waals surface area contributed by atoms with E-state index in [1.54, 1.807) is 9.46 Å². The second-order valence-electron chi connectivity index (χ2n) is 17.8. The molecule has 0 radical (unpaired) electrons. The maximum Gasteiger partial charge on any atom is 0.422 e. The van der Waals surface area contributed by atoms with E-state index >= 15 is 0 Å². The SMILES string of the molecule is CCO[n+]1ccccc1Oc1ccc(C2CCCCC2)cc1.CCO[n+]1ccccc1Oc1ccc(C2CCCCC2)cc1.[O-]B([O-])OCCCC(c1ccccc1)(c1ccccc1)c1ccccc1. The smallest absolute Gasteiger partial charge is 0.422 e. The highest BCUT2D eigenvalue weighted by Gasteiger charge is 2.35. The molecule has 0 saturated heterocycles. The van der Waals surface area contributed by atoms with Gasteiger partial charge in [0.1, 0.15) is 11.5 Å². The van der Waals surface area contributed by atoms with Crippen molar-refractivity contribution >= 4 is 7.32 Å². The van der Waals surface area contributed by atoms with E-state index in [-0.39, 0.29) is 12.0 Å². The molecular formula is C60H69BN2O7. The Morgan fingerprint density at radius 3 is 1.20 bits per heavy atom. The number of ether oxygens (including phenoxy) is 2. The van der Waals surface area contributed by atoms with Crippen molar-refractivity contribution in [2.24, 2.45) is 0 Å². The average Bonchev–Trinajstić information content (AvgIpc) is 3.42. The first kappa shape index (κ1) is 51.4. The van der Waals surface area contributed by atoms with Crippen molar-refractivity contribution in [2.45, 2.75) is 108 Å².